The lowest BCUT2D eigenvalue weighted by molar-refractivity contribution is -0.152. The van der Waals surface area contributed by atoms with Crippen LogP contribution in [0.15, 0.2) is 115 Å². The Kier molecular flexibility index (Phi) is 12.5. The van der Waals surface area contributed by atoms with E-state index in [9.17, 15) is 14.4 Å². The molecule has 52 heavy (non-hydrogen) atoms. The number of carbonyl (C=O) groups is 3. The molecule has 1 aliphatic heterocycles. The van der Waals surface area contributed by atoms with E-state index in [1.165, 1.54) is 10.8 Å². The Morgan fingerprint density at radius 1 is 0.827 bits per heavy atom. The summed E-state index contributed by atoms with van der Waals surface area (Å²) in [5.74, 6) is 0.474. The second-order valence-corrected chi connectivity index (χ2v) is 14.0. The molecule has 1 saturated heterocycles. The number of hydrogen-bond donors (Lipinski definition) is 1. The molecule has 0 bridgehead atoms. The lowest BCUT2D eigenvalue weighted by atomic mass is 9.98. The van der Waals surface area contributed by atoms with Gasteiger partial charge in [0.2, 0.25) is 11.8 Å². The number of benzene rings is 5. The summed E-state index contributed by atoms with van der Waals surface area (Å²) >= 11 is 12.8. The molecule has 5 aromatic rings. The molecule has 7 nitrogen and oxygen atoms in total. The van der Waals surface area contributed by atoms with Gasteiger partial charge < -0.3 is 19.9 Å². The smallest absolute Gasteiger partial charge is 0.251 e. The SMILES string of the molecule is CCCCC[C@H]1C(=O)N(CCc2ccc3ccccc3c2)CCN1C(=O)[C@@H](Cc1ccc(Cl)cc1Cl)NC(=O)c1ccc(Oc2ccccc2)cc1. The van der Waals surface area contributed by atoms with Crippen LogP contribution in [0.3, 0.4) is 0 Å². The van der Waals surface area contributed by atoms with Crippen LogP contribution in [0.25, 0.3) is 10.8 Å². The highest BCUT2D eigenvalue weighted by Gasteiger charge is 2.39. The van der Waals surface area contributed by atoms with Gasteiger partial charge in [0.25, 0.3) is 5.91 Å². The van der Waals surface area contributed by atoms with E-state index < -0.39 is 18.0 Å². The lowest BCUT2D eigenvalue weighted by Crippen LogP contribution is -2.62. The highest BCUT2D eigenvalue weighted by molar-refractivity contribution is 6.35. The number of fused-ring (bicyclic) bond motifs is 1. The number of nitrogens with one attached hydrogen (secondary N) is 1. The van der Waals surface area contributed by atoms with Gasteiger partial charge in [-0.2, -0.15) is 0 Å². The van der Waals surface area contributed by atoms with E-state index in [4.69, 9.17) is 27.9 Å². The molecule has 0 unspecified atom stereocenters. The Bertz CT molecular complexity index is 2000. The fraction of sp³-hybridized carbons (Fsp3) is 0.279. The van der Waals surface area contributed by atoms with Gasteiger partial charge >= 0.3 is 0 Å². The van der Waals surface area contributed by atoms with E-state index in [0.717, 1.165) is 31.2 Å². The molecule has 268 valence electrons. The maximum absolute atomic E-state index is 14.6. The Morgan fingerprint density at radius 3 is 2.31 bits per heavy atom. The summed E-state index contributed by atoms with van der Waals surface area (Å²) in [7, 11) is 0. The number of para-hydroxylation sites is 1. The van der Waals surface area contributed by atoms with Gasteiger partial charge in [0.05, 0.1) is 0 Å². The largest absolute Gasteiger partial charge is 0.457 e. The van der Waals surface area contributed by atoms with E-state index in [1.54, 1.807) is 47.4 Å². The summed E-state index contributed by atoms with van der Waals surface area (Å²) in [4.78, 5) is 46.0. The molecule has 0 aliphatic carbocycles. The van der Waals surface area contributed by atoms with Crippen molar-refractivity contribution in [2.24, 2.45) is 0 Å². The third-order valence-electron chi connectivity index (χ3n) is 9.57. The normalized spacial score (nSPS) is 15.1. The first-order valence-corrected chi connectivity index (χ1v) is 18.7. The summed E-state index contributed by atoms with van der Waals surface area (Å²) in [5.41, 5.74) is 2.20. The Labute approximate surface area is 315 Å². The Morgan fingerprint density at radius 2 is 1.56 bits per heavy atom. The van der Waals surface area contributed by atoms with Gasteiger partial charge in [-0.15, -0.1) is 0 Å². The van der Waals surface area contributed by atoms with Crippen LogP contribution in [-0.4, -0.2) is 59.2 Å². The van der Waals surface area contributed by atoms with Crippen molar-refractivity contribution in [1.29, 1.82) is 0 Å². The second kappa shape index (κ2) is 17.6. The number of rotatable bonds is 14. The molecule has 3 amide bonds. The van der Waals surface area contributed by atoms with Crippen LogP contribution >= 0.6 is 23.2 Å². The Balaban J connectivity index is 1.20. The van der Waals surface area contributed by atoms with Crippen molar-refractivity contribution in [3.63, 3.8) is 0 Å². The second-order valence-electron chi connectivity index (χ2n) is 13.2. The summed E-state index contributed by atoms with van der Waals surface area (Å²) in [6, 6.07) is 34.3. The summed E-state index contributed by atoms with van der Waals surface area (Å²) in [6.45, 7) is 3.45. The standard InChI is InChI=1S/C43H43Cl2N3O4/c1-2-3-5-14-40-43(51)47(24-23-30-15-16-31-10-8-9-11-33(31)27-30)25-26-48(40)42(50)39(28-34-17-20-35(44)29-38(34)45)46-41(49)32-18-21-37(22-19-32)52-36-12-6-4-7-13-36/h4,6-13,15-22,27,29,39-40H,2-3,5,14,23-26,28H2,1H3,(H,46,49)/t39-,40+/m1/s1. The van der Waals surface area contributed by atoms with Crippen molar-refractivity contribution < 1.29 is 19.1 Å². The van der Waals surface area contributed by atoms with Crippen molar-refractivity contribution in [2.75, 3.05) is 19.6 Å². The van der Waals surface area contributed by atoms with Crippen LogP contribution in [0.5, 0.6) is 11.5 Å². The van der Waals surface area contributed by atoms with Gasteiger partial charge in [-0.05, 0) is 83.3 Å². The third kappa shape index (κ3) is 9.32. The number of hydrogen-bond acceptors (Lipinski definition) is 4. The van der Waals surface area contributed by atoms with Crippen LogP contribution in [0.1, 0.15) is 54.1 Å². The van der Waals surface area contributed by atoms with E-state index in [1.807, 2.05) is 47.4 Å². The molecule has 2 atom stereocenters. The van der Waals surface area contributed by atoms with E-state index in [-0.39, 0.29) is 18.2 Å². The molecule has 5 aromatic carbocycles. The number of halogens is 2. The minimum absolute atomic E-state index is 0.0555. The van der Waals surface area contributed by atoms with Crippen LogP contribution < -0.4 is 10.1 Å². The third-order valence-corrected chi connectivity index (χ3v) is 10.2. The summed E-state index contributed by atoms with van der Waals surface area (Å²) in [6.07, 6.45) is 4.16. The van der Waals surface area contributed by atoms with Crippen LogP contribution in [-0.2, 0) is 22.4 Å². The average Bonchev–Trinajstić information content (AvgIpc) is 3.16. The zero-order valence-corrected chi connectivity index (χ0v) is 30.8. The zero-order chi connectivity index (χ0) is 36.5. The van der Waals surface area contributed by atoms with Crippen LogP contribution in [0.2, 0.25) is 10.0 Å². The number of unbranched alkanes of at least 4 members (excludes halogenated alkanes) is 2. The van der Waals surface area contributed by atoms with E-state index in [2.05, 4.69) is 42.6 Å². The van der Waals surface area contributed by atoms with Crippen molar-refractivity contribution in [1.82, 2.24) is 15.1 Å². The van der Waals surface area contributed by atoms with E-state index >= 15 is 0 Å². The first kappa shape index (κ1) is 36.9. The number of nitrogens with zero attached hydrogens (tertiary/aromatic N) is 2. The fourth-order valence-corrected chi connectivity index (χ4v) is 7.18. The van der Waals surface area contributed by atoms with Crippen molar-refractivity contribution in [2.45, 2.75) is 57.5 Å². The minimum atomic E-state index is -0.975. The first-order valence-electron chi connectivity index (χ1n) is 17.9. The van der Waals surface area contributed by atoms with Gasteiger partial charge in [0.15, 0.2) is 0 Å². The molecule has 0 spiro atoms. The van der Waals surface area contributed by atoms with Crippen molar-refractivity contribution in [3.8, 4) is 11.5 Å². The molecular formula is C43H43Cl2N3O4. The highest BCUT2D eigenvalue weighted by atomic mass is 35.5. The van der Waals surface area contributed by atoms with E-state index in [0.29, 0.717) is 58.7 Å². The fourth-order valence-electron chi connectivity index (χ4n) is 6.70. The van der Waals surface area contributed by atoms with Gasteiger partial charge in [0, 0.05) is 41.7 Å². The average molecular weight is 737 g/mol. The molecule has 1 fully saturated rings. The zero-order valence-electron chi connectivity index (χ0n) is 29.3. The quantitative estimate of drug-likeness (QED) is 0.115. The molecule has 0 saturated carbocycles. The Hall–Kier alpha value is -4.85. The predicted octanol–water partition coefficient (Wildman–Crippen LogP) is 9.14. The molecule has 6 rings (SSSR count). The number of piperazine rings is 1. The maximum Gasteiger partial charge on any atom is 0.251 e. The maximum atomic E-state index is 14.6. The molecule has 1 N–H and O–H groups in total. The van der Waals surface area contributed by atoms with Crippen LogP contribution in [0, 0.1) is 0 Å². The number of carbonyl (C=O) groups excluding carboxylic acids is 3. The topological polar surface area (TPSA) is 79.0 Å². The van der Waals surface area contributed by atoms with Gasteiger partial charge in [0.1, 0.15) is 23.6 Å². The number of amides is 3. The predicted molar refractivity (Wildman–Crippen MR) is 208 cm³/mol. The highest BCUT2D eigenvalue weighted by Crippen LogP contribution is 2.26. The van der Waals surface area contributed by atoms with Gasteiger partial charge in [-0.1, -0.05) is 116 Å². The summed E-state index contributed by atoms with van der Waals surface area (Å²) < 4.78 is 5.89. The molecule has 9 heteroatoms. The minimum Gasteiger partial charge on any atom is -0.457 e. The van der Waals surface area contributed by atoms with Crippen molar-refractivity contribution >= 4 is 51.7 Å². The first-order chi connectivity index (χ1) is 25.3. The molecular weight excluding hydrogens is 693 g/mol. The monoisotopic (exact) mass is 735 g/mol. The van der Waals surface area contributed by atoms with Crippen LogP contribution in [0.4, 0.5) is 0 Å². The lowest BCUT2D eigenvalue weighted by Gasteiger charge is -2.42. The molecule has 0 aromatic heterocycles. The molecule has 1 heterocycles. The van der Waals surface area contributed by atoms with Gasteiger partial charge in [-0.3, -0.25) is 14.4 Å². The number of ether oxygens (including phenoxy) is 1. The molecule has 1 aliphatic rings. The molecule has 0 radical (unpaired) electrons. The van der Waals surface area contributed by atoms with Gasteiger partial charge in [-0.25, -0.2) is 0 Å². The van der Waals surface area contributed by atoms with Crippen molar-refractivity contribution in [3.05, 3.63) is 142 Å². The summed E-state index contributed by atoms with van der Waals surface area (Å²) in [5, 5.41) is 6.20.